The Balaban J connectivity index is 2.04. The summed E-state index contributed by atoms with van der Waals surface area (Å²) in [4.78, 5) is 36.1. The first-order valence-corrected chi connectivity index (χ1v) is 7.18. The zero-order chi connectivity index (χ0) is 17.9. The van der Waals surface area contributed by atoms with Gasteiger partial charge in [0.2, 0.25) is 5.91 Å². The Bertz CT molecular complexity index is 660. The number of hydrogen-bond acceptors (Lipinski definition) is 3. The van der Waals surface area contributed by atoms with Gasteiger partial charge >= 0.3 is 12.1 Å². The molecule has 0 unspecified atom stereocenters. The number of nitrogens with zero attached hydrogens (tertiary/aromatic N) is 1. The zero-order valence-electron chi connectivity index (χ0n) is 12.5. The van der Waals surface area contributed by atoms with Crippen molar-refractivity contribution in [3.05, 3.63) is 35.4 Å². The molecule has 2 N–H and O–H groups in total. The van der Waals surface area contributed by atoms with Crippen LogP contribution in [0.4, 0.5) is 13.2 Å². The lowest BCUT2D eigenvalue weighted by atomic mass is 10.1. The van der Waals surface area contributed by atoms with Crippen LogP contribution in [0.1, 0.15) is 28.8 Å². The number of amides is 2. The number of carbonyl (C=O) groups is 3. The summed E-state index contributed by atoms with van der Waals surface area (Å²) in [5, 5.41) is 11.1. The number of carboxylic acid groups (broad SMARTS) is 1. The average molecular weight is 344 g/mol. The second-order valence-electron chi connectivity index (χ2n) is 5.31. The number of likely N-dealkylation sites (tertiary alicyclic amines) is 1. The van der Waals surface area contributed by atoms with Crippen LogP contribution < -0.4 is 5.32 Å². The van der Waals surface area contributed by atoms with Crippen LogP contribution in [-0.4, -0.2) is 46.9 Å². The minimum Gasteiger partial charge on any atom is -0.480 e. The fourth-order valence-electron chi connectivity index (χ4n) is 2.60. The summed E-state index contributed by atoms with van der Waals surface area (Å²) < 4.78 is 38.6. The molecule has 0 spiro atoms. The van der Waals surface area contributed by atoms with Crippen molar-refractivity contribution in [2.45, 2.75) is 25.1 Å². The maximum absolute atomic E-state index is 12.9. The molecular formula is C15H15F3N2O4. The molecule has 1 aliphatic rings. The molecule has 9 heteroatoms. The molecule has 1 aliphatic heterocycles. The summed E-state index contributed by atoms with van der Waals surface area (Å²) in [5.41, 5.74) is -1.69. The van der Waals surface area contributed by atoms with Gasteiger partial charge in [0.15, 0.2) is 0 Å². The van der Waals surface area contributed by atoms with Crippen LogP contribution in [-0.2, 0) is 15.8 Å². The van der Waals surface area contributed by atoms with Gasteiger partial charge < -0.3 is 15.3 Å². The lowest BCUT2D eigenvalue weighted by Gasteiger charge is -2.21. The van der Waals surface area contributed by atoms with Crippen molar-refractivity contribution in [1.29, 1.82) is 0 Å². The Hall–Kier alpha value is -2.58. The largest absolute Gasteiger partial charge is 0.480 e. The molecule has 1 aromatic rings. The fourth-order valence-corrected chi connectivity index (χ4v) is 2.60. The minimum atomic E-state index is -4.69. The van der Waals surface area contributed by atoms with Gasteiger partial charge in [0, 0.05) is 6.54 Å². The summed E-state index contributed by atoms with van der Waals surface area (Å²) in [6, 6.07) is 3.27. The van der Waals surface area contributed by atoms with Gasteiger partial charge in [-0.2, -0.15) is 13.2 Å². The van der Waals surface area contributed by atoms with Crippen LogP contribution >= 0.6 is 0 Å². The Morgan fingerprint density at radius 2 is 1.92 bits per heavy atom. The first kappa shape index (κ1) is 17.8. The van der Waals surface area contributed by atoms with Crippen molar-refractivity contribution in [1.82, 2.24) is 10.2 Å². The second-order valence-corrected chi connectivity index (χ2v) is 5.31. The smallest absolute Gasteiger partial charge is 0.417 e. The van der Waals surface area contributed by atoms with E-state index in [1.165, 1.54) is 6.07 Å². The molecule has 1 saturated heterocycles. The second kappa shape index (κ2) is 6.90. The first-order chi connectivity index (χ1) is 11.2. The molecule has 0 aliphatic carbocycles. The van der Waals surface area contributed by atoms with E-state index in [-0.39, 0.29) is 6.54 Å². The van der Waals surface area contributed by atoms with E-state index in [1.807, 2.05) is 0 Å². The Kier molecular flexibility index (Phi) is 5.10. The topological polar surface area (TPSA) is 86.7 Å². The summed E-state index contributed by atoms with van der Waals surface area (Å²) in [6.45, 7) is -0.320. The normalized spacial score (nSPS) is 17.6. The Morgan fingerprint density at radius 1 is 1.25 bits per heavy atom. The number of aliphatic carboxylic acids is 1. The highest BCUT2D eigenvalue weighted by molar-refractivity contribution is 5.98. The summed E-state index contributed by atoms with van der Waals surface area (Å²) in [6.07, 6.45) is -3.86. The number of halogens is 3. The number of alkyl halides is 3. The highest BCUT2D eigenvalue weighted by Crippen LogP contribution is 2.31. The molecule has 1 atom stereocenters. The van der Waals surface area contributed by atoms with Crippen molar-refractivity contribution in [3.63, 3.8) is 0 Å². The molecular weight excluding hydrogens is 329 g/mol. The molecule has 1 aromatic carbocycles. The number of nitrogens with one attached hydrogen (secondary N) is 1. The molecule has 2 rings (SSSR count). The number of benzene rings is 1. The third-order valence-corrected chi connectivity index (χ3v) is 3.74. The Labute approximate surface area is 135 Å². The monoisotopic (exact) mass is 344 g/mol. The lowest BCUT2D eigenvalue weighted by Crippen LogP contribution is -2.45. The number of hydrogen-bond donors (Lipinski definition) is 2. The van der Waals surface area contributed by atoms with Crippen molar-refractivity contribution in [3.8, 4) is 0 Å². The van der Waals surface area contributed by atoms with E-state index in [0.717, 1.165) is 23.1 Å². The van der Waals surface area contributed by atoms with Crippen LogP contribution in [0, 0.1) is 0 Å². The summed E-state index contributed by atoms with van der Waals surface area (Å²) >= 11 is 0. The van der Waals surface area contributed by atoms with Gasteiger partial charge in [-0.15, -0.1) is 0 Å². The number of rotatable bonds is 4. The third-order valence-electron chi connectivity index (χ3n) is 3.74. The van der Waals surface area contributed by atoms with Crippen LogP contribution in [0.5, 0.6) is 0 Å². The van der Waals surface area contributed by atoms with Crippen LogP contribution in [0.25, 0.3) is 0 Å². The number of carbonyl (C=O) groups excluding carboxylic acids is 2. The third kappa shape index (κ3) is 3.84. The molecule has 0 radical (unpaired) electrons. The van der Waals surface area contributed by atoms with Gasteiger partial charge in [0.1, 0.15) is 6.04 Å². The molecule has 0 aromatic heterocycles. The maximum Gasteiger partial charge on any atom is 0.417 e. The van der Waals surface area contributed by atoms with E-state index in [0.29, 0.717) is 12.8 Å². The van der Waals surface area contributed by atoms with Crippen LogP contribution in [0.2, 0.25) is 0 Å². The maximum atomic E-state index is 12.9. The lowest BCUT2D eigenvalue weighted by molar-refractivity contribution is -0.147. The molecule has 0 saturated carbocycles. The van der Waals surface area contributed by atoms with Crippen LogP contribution in [0.3, 0.4) is 0 Å². The van der Waals surface area contributed by atoms with Gasteiger partial charge in [0.25, 0.3) is 5.91 Å². The van der Waals surface area contributed by atoms with Crippen molar-refractivity contribution >= 4 is 17.8 Å². The molecule has 1 fully saturated rings. The van der Waals surface area contributed by atoms with E-state index >= 15 is 0 Å². The quantitative estimate of drug-likeness (QED) is 0.867. The highest BCUT2D eigenvalue weighted by Gasteiger charge is 2.36. The van der Waals surface area contributed by atoms with Crippen molar-refractivity contribution in [2.24, 2.45) is 0 Å². The molecule has 24 heavy (non-hydrogen) atoms. The van der Waals surface area contributed by atoms with Crippen molar-refractivity contribution < 1.29 is 32.7 Å². The first-order valence-electron chi connectivity index (χ1n) is 7.18. The molecule has 0 bridgehead atoms. The van der Waals surface area contributed by atoms with E-state index in [2.05, 4.69) is 5.32 Å². The predicted octanol–water partition coefficient (Wildman–Crippen LogP) is 1.51. The standard InChI is InChI=1S/C15H15F3N2O4/c16-15(17,18)10-5-2-1-4-9(10)13(22)19-8-12(21)20-7-3-6-11(20)14(23)24/h1-2,4-5,11H,3,6-8H2,(H,19,22)(H,23,24)/t11-/m1/s1. The minimum absolute atomic E-state index is 0.241. The Morgan fingerprint density at radius 3 is 2.54 bits per heavy atom. The SMILES string of the molecule is O=C(NCC(=O)N1CCC[C@@H]1C(=O)O)c1ccccc1C(F)(F)F. The van der Waals surface area contributed by atoms with E-state index in [4.69, 9.17) is 5.11 Å². The summed E-state index contributed by atoms with van der Waals surface area (Å²) in [5.74, 6) is -2.82. The molecule has 1 heterocycles. The van der Waals surface area contributed by atoms with Crippen LogP contribution in [0.15, 0.2) is 24.3 Å². The van der Waals surface area contributed by atoms with E-state index < -0.39 is 47.7 Å². The number of carboxylic acids is 1. The zero-order valence-corrected chi connectivity index (χ0v) is 12.5. The van der Waals surface area contributed by atoms with Gasteiger partial charge in [-0.05, 0) is 25.0 Å². The van der Waals surface area contributed by atoms with Gasteiger partial charge in [0.05, 0.1) is 17.7 Å². The van der Waals surface area contributed by atoms with Gasteiger partial charge in [-0.3, -0.25) is 9.59 Å². The predicted molar refractivity (Wildman–Crippen MR) is 76.1 cm³/mol. The molecule has 6 nitrogen and oxygen atoms in total. The molecule has 130 valence electrons. The highest BCUT2D eigenvalue weighted by atomic mass is 19.4. The average Bonchev–Trinajstić information content (AvgIpc) is 3.01. The summed E-state index contributed by atoms with van der Waals surface area (Å²) in [7, 11) is 0. The van der Waals surface area contributed by atoms with Gasteiger partial charge in [-0.1, -0.05) is 12.1 Å². The van der Waals surface area contributed by atoms with Crippen molar-refractivity contribution in [2.75, 3.05) is 13.1 Å². The van der Waals surface area contributed by atoms with E-state index in [1.54, 1.807) is 0 Å². The molecule has 2 amide bonds. The van der Waals surface area contributed by atoms with Gasteiger partial charge in [-0.25, -0.2) is 4.79 Å². The van der Waals surface area contributed by atoms with E-state index in [9.17, 15) is 27.6 Å². The fraction of sp³-hybridized carbons (Fsp3) is 0.400.